The van der Waals surface area contributed by atoms with Crippen LogP contribution in [0.15, 0.2) is 22.7 Å². The maximum absolute atomic E-state index is 10.8. The zero-order valence-corrected chi connectivity index (χ0v) is 10.0. The van der Waals surface area contributed by atoms with Crippen molar-refractivity contribution < 1.29 is 19.7 Å². The molecule has 0 saturated heterocycles. The van der Waals surface area contributed by atoms with E-state index in [-0.39, 0.29) is 6.42 Å². The second-order valence-corrected chi connectivity index (χ2v) is 4.76. The summed E-state index contributed by atoms with van der Waals surface area (Å²) in [5.74, 6) is -0.464. The second kappa shape index (κ2) is 4.07. The first-order valence-electron chi connectivity index (χ1n) is 4.88. The highest BCUT2D eigenvalue weighted by Crippen LogP contribution is 2.40. The largest absolute Gasteiger partial charge is 0.493 e. The van der Waals surface area contributed by atoms with E-state index in [1.54, 1.807) is 18.2 Å². The van der Waals surface area contributed by atoms with Gasteiger partial charge < -0.3 is 14.9 Å². The summed E-state index contributed by atoms with van der Waals surface area (Å²) in [6.45, 7) is 0.332. The minimum atomic E-state index is -1.33. The SMILES string of the molecule is O=C(O)CC1(O)CCOc2ccc(Br)cc21. The first-order valence-corrected chi connectivity index (χ1v) is 5.67. The van der Waals surface area contributed by atoms with Crippen LogP contribution in [0.1, 0.15) is 18.4 Å². The topological polar surface area (TPSA) is 66.8 Å². The van der Waals surface area contributed by atoms with Crippen LogP contribution in [0.3, 0.4) is 0 Å². The van der Waals surface area contributed by atoms with E-state index >= 15 is 0 Å². The fraction of sp³-hybridized carbons (Fsp3) is 0.364. The molecular weight excluding hydrogens is 276 g/mol. The van der Waals surface area contributed by atoms with E-state index in [0.717, 1.165) is 4.47 Å². The lowest BCUT2D eigenvalue weighted by atomic mass is 9.85. The third-order valence-electron chi connectivity index (χ3n) is 2.66. The normalized spacial score (nSPS) is 23.4. The van der Waals surface area contributed by atoms with Gasteiger partial charge in [0.05, 0.1) is 13.0 Å². The summed E-state index contributed by atoms with van der Waals surface area (Å²) in [6, 6.07) is 5.23. The van der Waals surface area contributed by atoms with Gasteiger partial charge in [0, 0.05) is 16.5 Å². The Labute approximate surface area is 101 Å². The van der Waals surface area contributed by atoms with E-state index in [2.05, 4.69) is 15.9 Å². The van der Waals surface area contributed by atoms with Crippen molar-refractivity contribution in [2.45, 2.75) is 18.4 Å². The number of ether oxygens (including phenoxy) is 1. The van der Waals surface area contributed by atoms with Gasteiger partial charge in [-0.3, -0.25) is 4.79 Å². The van der Waals surface area contributed by atoms with Gasteiger partial charge in [-0.25, -0.2) is 0 Å². The molecule has 2 rings (SSSR count). The van der Waals surface area contributed by atoms with Crippen molar-refractivity contribution in [1.29, 1.82) is 0 Å². The molecule has 0 radical (unpaired) electrons. The lowest BCUT2D eigenvalue weighted by molar-refractivity contribution is -0.144. The molecule has 4 nitrogen and oxygen atoms in total. The van der Waals surface area contributed by atoms with E-state index in [9.17, 15) is 9.90 Å². The highest BCUT2D eigenvalue weighted by molar-refractivity contribution is 9.10. The number of hydrogen-bond acceptors (Lipinski definition) is 3. The smallest absolute Gasteiger partial charge is 0.306 e. The third-order valence-corrected chi connectivity index (χ3v) is 3.15. The number of halogens is 1. The molecule has 16 heavy (non-hydrogen) atoms. The van der Waals surface area contributed by atoms with Crippen molar-refractivity contribution in [3.05, 3.63) is 28.2 Å². The molecule has 86 valence electrons. The molecule has 0 fully saturated rings. The predicted octanol–water partition coefficient (Wildman–Crippen LogP) is 1.89. The van der Waals surface area contributed by atoms with Crippen molar-refractivity contribution in [2.75, 3.05) is 6.61 Å². The Morgan fingerprint density at radius 2 is 2.31 bits per heavy atom. The van der Waals surface area contributed by atoms with Crippen LogP contribution in [0, 0.1) is 0 Å². The first-order chi connectivity index (χ1) is 7.51. The standard InChI is InChI=1S/C11H11BrO4/c12-7-1-2-9-8(5-7)11(15,3-4-16-9)6-10(13)14/h1-2,5,15H,3-4,6H2,(H,13,14). The van der Waals surface area contributed by atoms with Gasteiger partial charge in [-0.15, -0.1) is 0 Å². The molecule has 1 aliphatic heterocycles. The maximum atomic E-state index is 10.8. The Morgan fingerprint density at radius 1 is 1.56 bits per heavy atom. The van der Waals surface area contributed by atoms with Crippen molar-refractivity contribution in [2.24, 2.45) is 0 Å². The van der Waals surface area contributed by atoms with Crippen LogP contribution in [-0.2, 0) is 10.4 Å². The van der Waals surface area contributed by atoms with Crippen molar-refractivity contribution in [1.82, 2.24) is 0 Å². The molecule has 0 spiro atoms. The molecule has 1 aromatic carbocycles. The van der Waals surface area contributed by atoms with Crippen LogP contribution in [-0.4, -0.2) is 22.8 Å². The van der Waals surface area contributed by atoms with Crippen LogP contribution in [0.4, 0.5) is 0 Å². The molecule has 0 bridgehead atoms. The van der Waals surface area contributed by atoms with E-state index in [4.69, 9.17) is 9.84 Å². The Hall–Kier alpha value is -1.07. The summed E-state index contributed by atoms with van der Waals surface area (Å²) in [5, 5.41) is 19.1. The number of carbonyl (C=O) groups is 1. The van der Waals surface area contributed by atoms with Crippen molar-refractivity contribution >= 4 is 21.9 Å². The zero-order valence-electron chi connectivity index (χ0n) is 8.44. The Kier molecular flexibility index (Phi) is 2.90. The van der Waals surface area contributed by atoms with Crippen LogP contribution in [0.5, 0.6) is 5.75 Å². The molecule has 0 saturated carbocycles. The number of rotatable bonds is 2. The zero-order chi connectivity index (χ0) is 11.8. The summed E-state index contributed by atoms with van der Waals surface area (Å²) >= 11 is 3.29. The van der Waals surface area contributed by atoms with E-state index in [1.807, 2.05) is 0 Å². The highest BCUT2D eigenvalue weighted by atomic mass is 79.9. The molecule has 0 amide bonds. The summed E-state index contributed by atoms with van der Waals surface area (Å²) in [6.07, 6.45) is -0.0113. The lowest BCUT2D eigenvalue weighted by Crippen LogP contribution is -2.35. The molecule has 1 aliphatic rings. The van der Waals surface area contributed by atoms with E-state index in [1.165, 1.54) is 0 Å². The fourth-order valence-corrected chi connectivity index (χ4v) is 2.25. The Balaban J connectivity index is 2.45. The van der Waals surface area contributed by atoms with Gasteiger partial charge >= 0.3 is 5.97 Å². The number of carboxylic acid groups (broad SMARTS) is 1. The quantitative estimate of drug-likeness (QED) is 0.871. The average molecular weight is 287 g/mol. The van der Waals surface area contributed by atoms with Crippen molar-refractivity contribution in [3.63, 3.8) is 0 Å². The number of aliphatic hydroxyl groups is 1. The highest BCUT2D eigenvalue weighted by Gasteiger charge is 2.37. The molecule has 1 unspecified atom stereocenters. The van der Waals surface area contributed by atoms with Gasteiger partial charge in [0.25, 0.3) is 0 Å². The summed E-state index contributed by atoms with van der Waals surface area (Å²) < 4.78 is 6.17. The minimum Gasteiger partial charge on any atom is -0.493 e. The maximum Gasteiger partial charge on any atom is 0.306 e. The van der Waals surface area contributed by atoms with Gasteiger partial charge in [-0.1, -0.05) is 15.9 Å². The van der Waals surface area contributed by atoms with Gasteiger partial charge in [-0.2, -0.15) is 0 Å². The molecule has 5 heteroatoms. The lowest BCUT2D eigenvalue weighted by Gasteiger charge is -2.33. The van der Waals surface area contributed by atoms with E-state index < -0.39 is 11.6 Å². The predicted molar refractivity (Wildman–Crippen MR) is 60.4 cm³/mol. The summed E-state index contributed by atoms with van der Waals surface area (Å²) in [5.41, 5.74) is -0.793. The van der Waals surface area contributed by atoms with Gasteiger partial charge in [0.1, 0.15) is 11.4 Å². The molecule has 1 aromatic rings. The monoisotopic (exact) mass is 286 g/mol. The Morgan fingerprint density at radius 3 is 3.00 bits per heavy atom. The molecule has 2 N–H and O–H groups in total. The molecule has 1 heterocycles. The van der Waals surface area contributed by atoms with Crippen molar-refractivity contribution in [3.8, 4) is 5.75 Å². The second-order valence-electron chi connectivity index (χ2n) is 3.84. The number of fused-ring (bicyclic) bond motifs is 1. The van der Waals surface area contributed by atoms with E-state index in [0.29, 0.717) is 24.3 Å². The number of carboxylic acids is 1. The Bertz CT molecular complexity index is 432. The summed E-state index contributed by atoms with van der Waals surface area (Å²) in [4.78, 5) is 10.8. The fourth-order valence-electron chi connectivity index (χ4n) is 1.89. The molecule has 0 aromatic heterocycles. The van der Waals surface area contributed by atoms with Crippen LogP contribution in [0.2, 0.25) is 0 Å². The first kappa shape index (κ1) is 11.4. The minimum absolute atomic E-state index is 0.294. The number of aliphatic carboxylic acids is 1. The number of hydrogen-bond donors (Lipinski definition) is 2. The van der Waals surface area contributed by atoms with Crippen LogP contribution >= 0.6 is 15.9 Å². The van der Waals surface area contributed by atoms with Gasteiger partial charge in [0.2, 0.25) is 0 Å². The van der Waals surface area contributed by atoms with Crippen LogP contribution in [0.25, 0.3) is 0 Å². The van der Waals surface area contributed by atoms with Gasteiger partial charge in [-0.05, 0) is 18.2 Å². The molecular formula is C11H11BrO4. The van der Waals surface area contributed by atoms with Gasteiger partial charge in [0.15, 0.2) is 0 Å². The van der Waals surface area contributed by atoms with Crippen LogP contribution < -0.4 is 4.74 Å². The average Bonchev–Trinajstić information content (AvgIpc) is 2.18. The number of benzene rings is 1. The molecule has 1 atom stereocenters. The molecule has 0 aliphatic carbocycles. The summed E-state index contributed by atoms with van der Waals surface area (Å²) in [7, 11) is 0. The third kappa shape index (κ3) is 2.05.